The van der Waals surface area contributed by atoms with Crippen LogP contribution < -0.4 is 5.32 Å². The average molecular weight is 257 g/mol. The van der Waals surface area contributed by atoms with E-state index in [1.165, 1.54) is 32.1 Å². The fourth-order valence-electron chi connectivity index (χ4n) is 3.38. The Hall–Kier alpha value is -1.58. The van der Waals surface area contributed by atoms with Gasteiger partial charge in [-0.2, -0.15) is 0 Å². The molecular formula is C15H19N3O. The summed E-state index contributed by atoms with van der Waals surface area (Å²) in [6, 6.07) is 4.93. The summed E-state index contributed by atoms with van der Waals surface area (Å²) in [5.74, 6) is 1.80. The summed E-state index contributed by atoms with van der Waals surface area (Å²) in [6.07, 6.45) is 7.89. The molecule has 2 bridgehead atoms. The van der Waals surface area contributed by atoms with Gasteiger partial charge in [-0.05, 0) is 50.2 Å². The Morgan fingerprint density at radius 2 is 2.16 bits per heavy atom. The number of hydrogen-bond donors (Lipinski definition) is 1. The van der Waals surface area contributed by atoms with Crippen molar-refractivity contribution in [2.45, 2.75) is 44.2 Å². The number of likely N-dealkylation sites (tertiary alicyclic amines) is 1. The number of anilines is 1. The summed E-state index contributed by atoms with van der Waals surface area (Å²) in [5, 5.41) is 3.34. The first-order valence-corrected chi connectivity index (χ1v) is 7.33. The van der Waals surface area contributed by atoms with Crippen molar-refractivity contribution in [1.29, 1.82) is 0 Å². The molecule has 2 atom stereocenters. The molecule has 0 spiro atoms. The fraction of sp³-hybridized carbons (Fsp3) is 0.600. The number of carbonyl (C=O) groups is 1. The Morgan fingerprint density at radius 1 is 1.26 bits per heavy atom. The van der Waals surface area contributed by atoms with Crippen LogP contribution in [0, 0.1) is 5.92 Å². The summed E-state index contributed by atoms with van der Waals surface area (Å²) in [6.45, 7) is 0.950. The first kappa shape index (κ1) is 11.3. The molecule has 1 amide bonds. The summed E-state index contributed by atoms with van der Waals surface area (Å²) in [4.78, 5) is 18.9. The lowest BCUT2D eigenvalue weighted by molar-refractivity contribution is 0.0703. The molecule has 1 aromatic heterocycles. The smallest absolute Gasteiger partial charge is 0.255 e. The van der Waals surface area contributed by atoms with Crippen LogP contribution in [0.15, 0.2) is 18.3 Å². The maximum atomic E-state index is 12.4. The van der Waals surface area contributed by atoms with E-state index >= 15 is 0 Å². The number of fused-ring (bicyclic) bond motifs is 2. The van der Waals surface area contributed by atoms with Crippen molar-refractivity contribution in [2.24, 2.45) is 5.92 Å². The third kappa shape index (κ3) is 2.09. The van der Waals surface area contributed by atoms with E-state index in [9.17, 15) is 4.79 Å². The Kier molecular flexibility index (Phi) is 2.50. The van der Waals surface area contributed by atoms with Gasteiger partial charge in [0.05, 0.1) is 5.56 Å². The third-order valence-corrected chi connectivity index (χ3v) is 4.61. The molecule has 2 saturated carbocycles. The van der Waals surface area contributed by atoms with Gasteiger partial charge < -0.3 is 10.2 Å². The van der Waals surface area contributed by atoms with Gasteiger partial charge in [-0.25, -0.2) is 4.98 Å². The lowest BCUT2D eigenvalue weighted by Crippen LogP contribution is -2.37. The monoisotopic (exact) mass is 257 g/mol. The second kappa shape index (κ2) is 4.22. The number of nitrogens with zero attached hydrogens (tertiary/aromatic N) is 2. The second-order valence-corrected chi connectivity index (χ2v) is 6.14. The van der Waals surface area contributed by atoms with Gasteiger partial charge in [-0.3, -0.25) is 4.79 Å². The molecule has 1 saturated heterocycles. The molecule has 0 aromatic carbocycles. The summed E-state index contributed by atoms with van der Waals surface area (Å²) in [7, 11) is 0. The van der Waals surface area contributed by atoms with Gasteiger partial charge in [0, 0.05) is 24.8 Å². The van der Waals surface area contributed by atoms with Crippen molar-refractivity contribution in [3.8, 4) is 0 Å². The highest BCUT2D eigenvalue weighted by Crippen LogP contribution is 2.38. The molecular weight excluding hydrogens is 238 g/mol. The van der Waals surface area contributed by atoms with Gasteiger partial charge in [0.2, 0.25) is 0 Å². The minimum atomic E-state index is 0.165. The van der Waals surface area contributed by atoms with E-state index in [4.69, 9.17) is 0 Å². The molecule has 3 aliphatic rings. The number of hydrogen-bond acceptors (Lipinski definition) is 3. The van der Waals surface area contributed by atoms with E-state index in [0.717, 1.165) is 23.8 Å². The molecule has 2 heterocycles. The number of aromatic nitrogens is 1. The Labute approximate surface area is 113 Å². The predicted molar refractivity (Wildman–Crippen MR) is 73.0 cm³/mol. The SMILES string of the molecule is O=C(c1ccc(NC2CC2)nc1)N1C[C@H]2CC[C@H]1C2. The van der Waals surface area contributed by atoms with Gasteiger partial charge in [0.1, 0.15) is 5.82 Å². The van der Waals surface area contributed by atoms with Crippen molar-refractivity contribution in [1.82, 2.24) is 9.88 Å². The van der Waals surface area contributed by atoms with Crippen LogP contribution in [0.2, 0.25) is 0 Å². The van der Waals surface area contributed by atoms with E-state index in [1.807, 2.05) is 12.1 Å². The zero-order chi connectivity index (χ0) is 12.8. The minimum Gasteiger partial charge on any atom is -0.367 e. The predicted octanol–water partition coefficient (Wildman–Crippen LogP) is 2.28. The molecule has 1 N–H and O–H groups in total. The van der Waals surface area contributed by atoms with Crippen molar-refractivity contribution in [2.75, 3.05) is 11.9 Å². The Balaban J connectivity index is 1.47. The molecule has 4 heteroatoms. The molecule has 1 aromatic rings. The topological polar surface area (TPSA) is 45.2 Å². The molecule has 4 nitrogen and oxygen atoms in total. The summed E-state index contributed by atoms with van der Waals surface area (Å²) < 4.78 is 0. The highest BCUT2D eigenvalue weighted by molar-refractivity contribution is 5.94. The van der Waals surface area contributed by atoms with Crippen molar-refractivity contribution >= 4 is 11.7 Å². The van der Waals surface area contributed by atoms with E-state index in [1.54, 1.807) is 6.20 Å². The molecule has 1 aliphatic heterocycles. The molecule has 3 fully saturated rings. The van der Waals surface area contributed by atoms with Crippen LogP contribution in [0.5, 0.6) is 0 Å². The quantitative estimate of drug-likeness (QED) is 0.903. The number of amides is 1. The fourth-order valence-corrected chi connectivity index (χ4v) is 3.38. The molecule has 19 heavy (non-hydrogen) atoms. The van der Waals surface area contributed by atoms with Crippen LogP contribution in [0.4, 0.5) is 5.82 Å². The third-order valence-electron chi connectivity index (χ3n) is 4.61. The Bertz CT molecular complexity index is 495. The van der Waals surface area contributed by atoms with Crippen molar-refractivity contribution < 1.29 is 4.79 Å². The van der Waals surface area contributed by atoms with Crippen LogP contribution in [0.3, 0.4) is 0 Å². The van der Waals surface area contributed by atoms with Crippen molar-refractivity contribution in [3.63, 3.8) is 0 Å². The molecule has 2 aliphatic carbocycles. The minimum absolute atomic E-state index is 0.165. The van der Waals surface area contributed by atoms with E-state index < -0.39 is 0 Å². The lowest BCUT2D eigenvalue weighted by atomic mass is 10.1. The number of piperidine rings is 1. The van der Waals surface area contributed by atoms with Crippen molar-refractivity contribution in [3.05, 3.63) is 23.9 Å². The van der Waals surface area contributed by atoms with E-state index in [-0.39, 0.29) is 5.91 Å². The average Bonchev–Trinajstić information content (AvgIpc) is 3.01. The Morgan fingerprint density at radius 3 is 2.74 bits per heavy atom. The van der Waals surface area contributed by atoms with Gasteiger partial charge in [0.25, 0.3) is 5.91 Å². The zero-order valence-corrected chi connectivity index (χ0v) is 11.0. The molecule has 0 unspecified atom stereocenters. The van der Waals surface area contributed by atoms with Gasteiger partial charge >= 0.3 is 0 Å². The van der Waals surface area contributed by atoms with E-state index in [0.29, 0.717) is 12.1 Å². The number of nitrogens with one attached hydrogen (secondary N) is 1. The number of pyridine rings is 1. The maximum Gasteiger partial charge on any atom is 0.255 e. The first-order chi connectivity index (χ1) is 9.29. The normalized spacial score (nSPS) is 28.7. The summed E-state index contributed by atoms with van der Waals surface area (Å²) >= 11 is 0. The zero-order valence-electron chi connectivity index (χ0n) is 11.0. The standard InChI is InChI=1S/C15H19N3O/c19-15(18-9-10-1-5-13(18)7-10)11-2-6-14(16-8-11)17-12-3-4-12/h2,6,8,10,12-13H,1,3-5,7,9H2,(H,16,17)/t10-,13-/m0/s1. The maximum absolute atomic E-state index is 12.4. The van der Waals surface area contributed by atoms with Crippen LogP contribution in [-0.4, -0.2) is 34.4 Å². The molecule has 0 radical (unpaired) electrons. The van der Waals surface area contributed by atoms with Gasteiger partial charge in [-0.1, -0.05) is 0 Å². The van der Waals surface area contributed by atoms with E-state index in [2.05, 4.69) is 15.2 Å². The van der Waals surface area contributed by atoms with Crippen LogP contribution >= 0.6 is 0 Å². The number of carbonyl (C=O) groups excluding carboxylic acids is 1. The lowest BCUT2D eigenvalue weighted by Gasteiger charge is -2.26. The van der Waals surface area contributed by atoms with Gasteiger partial charge in [0.15, 0.2) is 0 Å². The van der Waals surface area contributed by atoms with Crippen LogP contribution in [0.1, 0.15) is 42.5 Å². The number of rotatable bonds is 3. The largest absolute Gasteiger partial charge is 0.367 e. The highest BCUT2D eigenvalue weighted by atomic mass is 16.2. The van der Waals surface area contributed by atoms with Crippen LogP contribution in [0.25, 0.3) is 0 Å². The summed E-state index contributed by atoms with van der Waals surface area (Å²) in [5.41, 5.74) is 0.730. The second-order valence-electron chi connectivity index (χ2n) is 6.14. The van der Waals surface area contributed by atoms with Crippen LogP contribution in [-0.2, 0) is 0 Å². The van der Waals surface area contributed by atoms with Gasteiger partial charge in [-0.15, -0.1) is 0 Å². The molecule has 100 valence electrons. The molecule has 4 rings (SSSR count). The first-order valence-electron chi connectivity index (χ1n) is 7.33. The highest BCUT2D eigenvalue weighted by Gasteiger charge is 2.40.